The molecule has 0 aliphatic carbocycles. The fourth-order valence-electron chi connectivity index (χ4n) is 2.62. The highest BCUT2D eigenvalue weighted by molar-refractivity contribution is 7.13. The standard InChI is InChI=1S/C15H11Cl2N3S/c16-10-3-1-4-11(13(10)17)20-15-9(6-7-18-15)14(19-20)12-5-2-8-21-12/h1-5,8,18H,6-7H2. The molecule has 0 atom stereocenters. The van der Waals surface area contributed by atoms with Crippen molar-refractivity contribution in [1.29, 1.82) is 0 Å². The molecule has 3 heterocycles. The Hall–Kier alpha value is -1.49. The van der Waals surface area contributed by atoms with Gasteiger partial charge in [0.2, 0.25) is 0 Å². The van der Waals surface area contributed by atoms with Crippen LogP contribution in [0.1, 0.15) is 5.56 Å². The molecule has 21 heavy (non-hydrogen) atoms. The van der Waals surface area contributed by atoms with E-state index in [1.807, 2.05) is 22.9 Å². The van der Waals surface area contributed by atoms with Crippen LogP contribution in [0.25, 0.3) is 16.3 Å². The van der Waals surface area contributed by atoms with E-state index in [4.69, 9.17) is 28.3 Å². The summed E-state index contributed by atoms with van der Waals surface area (Å²) in [5, 5.41) is 11.3. The molecule has 3 aromatic rings. The van der Waals surface area contributed by atoms with Gasteiger partial charge in [-0.05, 0) is 30.0 Å². The molecule has 106 valence electrons. The molecule has 4 rings (SSSR count). The maximum atomic E-state index is 6.35. The normalized spacial score (nSPS) is 13.2. The van der Waals surface area contributed by atoms with E-state index in [0.717, 1.165) is 30.2 Å². The van der Waals surface area contributed by atoms with Crippen molar-refractivity contribution in [2.24, 2.45) is 0 Å². The van der Waals surface area contributed by atoms with Gasteiger partial charge >= 0.3 is 0 Å². The molecule has 0 unspecified atom stereocenters. The maximum absolute atomic E-state index is 6.35. The van der Waals surface area contributed by atoms with E-state index >= 15 is 0 Å². The predicted molar refractivity (Wildman–Crippen MR) is 89.1 cm³/mol. The predicted octanol–water partition coefficient (Wildman–Crippen LogP) is 4.88. The van der Waals surface area contributed by atoms with Crippen LogP contribution in [-0.2, 0) is 6.42 Å². The smallest absolute Gasteiger partial charge is 0.133 e. The molecular weight excluding hydrogens is 325 g/mol. The topological polar surface area (TPSA) is 29.9 Å². The van der Waals surface area contributed by atoms with Crippen molar-refractivity contribution in [1.82, 2.24) is 9.78 Å². The molecule has 0 radical (unpaired) electrons. The van der Waals surface area contributed by atoms with Crippen LogP contribution < -0.4 is 5.32 Å². The number of aromatic nitrogens is 2. The molecule has 0 saturated heterocycles. The summed E-state index contributed by atoms with van der Waals surface area (Å²) in [5.41, 5.74) is 3.08. The number of anilines is 1. The Bertz CT molecular complexity index is 809. The Labute approximate surface area is 136 Å². The van der Waals surface area contributed by atoms with Gasteiger partial charge < -0.3 is 5.32 Å². The van der Waals surface area contributed by atoms with E-state index in [2.05, 4.69) is 16.8 Å². The number of halogens is 2. The van der Waals surface area contributed by atoms with Gasteiger partial charge in [-0.3, -0.25) is 0 Å². The summed E-state index contributed by atoms with van der Waals surface area (Å²) in [7, 11) is 0. The number of hydrogen-bond acceptors (Lipinski definition) is 3. The minimum absolute atomic E-state index is 0.524. The third-order valence-electron chi connectivity index (χ3n) is 3.56. The van der Waals surface area contributed by atoms with Crippen LogP contribution in [0.15, 0.2) is 35.7 Å². The molecule has 3 nitrogen and oxygen atoms in total. The first-order chi connectivity index (χ1) is 10.3. The molecule has 0 bridgehead atoms. The van der Waals surface area contributed by atoms with E-state index < -0.39 is 0 Å². The van der Waals surface area contributed by atoms with Crippen molar-refractivity contribution in [3.05, 3.63) is 51.3 Å². The lowest BCUT2D eigenvalue weighted by atomic mass is 10.2. The van der Waals surface area contributed by atoms with Crippen LogP contribution in [0.5, 0.6) is 0 Å². The van der Waals surface area contributed by atoms with Gasteiger partial charge in [-0.25, -0.2) is 4.68 Å². The molecule has 6 heteroatoms. The SMILES string of the molecule is Clc1cccc(-n2nc(-c3cccs3)c3c2NCC3)c1Cl. The van der Waals surface area contributed by atoms with Crippen molar-refractivity contribution >= 4 is 40.4 Å². The lowest BCUT2D eigenvalue weighted by molar-refractivity contribution is 0.884. The van der Waals surface area contributed by atoms with E-state index in [9.17, 15) is 0 Å². The number of nitrogens with zero attached hydrogens (tertiary/aromatic N) is 2. The van der Waals surface area contributed by atoms with Crippen LogP contribution in [0.4, 0.5) is 5.82 Å². The van der Waals surface area contributed by atoms with Crippen molar-refractivity contribution < 1.29 is 0 Å². The van der Waals surface area contributed by atoms with Crippen molar-refractivity contribution in [3.63, 3.8) is 0 Å². The van der Waals surface area contributed by atoms with Crippen LogP contribution in [-0.4, -0.2) is 16.3 Å². The molecule has 0 fully saturated rings. The zero-order valence-electron chi connectivity index (χ0n) is 10.9. The molecule has 0 saturated carbocycles. The third kappa shape index (κ3) is 2.06. The van der Waals surface area contributed by atoms with Gasteiger partial charge in [0.1, 0.15) is 11.5 Å². The van der Waals surface area contributed by atoms with E-state index in [1.165, 1.54) is 10.4 Å². The number of thiophene rings is 1. The zero-order chi connectivity index (χ0) is 14.4. The van der Waals surface area contributed by atoms with Crippen LogP contribution in [0, 0.1) is 0 Å². The van der Waals surface area contributed by atoms with Gasteiger partial charge in [-0.1, -0.05) is 35.3 Å². The summed E-state index contributed by atoms with van der Waals surface area (Å²) < 4.78 is 1.87. The fraction of sp³-hybridized carbons (Fsp3) is 0.133. The minimum atomic E-state index is 0.524. The second-order valence-electron chi connectivity index (χ2n) is 4.81. The summed E-state index contributed by atoms with van der Waals surface area (Å²) in [6.45, 7) is 0.920. The van der Waals surface area contributed by atoms with Crippen molar-refractivity contribution in [2.75, 3.05) is 11.9 Å². The van der Waals surface area contributed by atoms with Gasteiger partial charge in [0.05, 0.1) is 20.6 Å². The first-order valence-electron chi connectivity index (χ1n) is 6.60. The fourth-order valence-corrected chi connectivity index (χ4v) is 3.73. The first kappa shape index (κ1) is 13.2. The van der Waals surface area contributed by atoms with E-state index in [1.54, 1.807) is 17.4 Å². The van der Waals surface area contributed by atoms with Gasteiger partial charge in [0.15, 0.2) is 0 Å². The zero-order valence-corrected chi connectivity index (χ0v) is 13.3. The van der Waals surface area contributed by atoms with Gasteiger partial charge in [0.25, 0.3) is 0 Å². The van der Waals surface area contributed by atoms with Crippen molar-refractivity contribution in [3.8, 4) is 16.3 Å². The Morgan fingerprint density at radius 3 is 2.90 bits per heavy atom. The molecule has 0 spiro atoms. The summed E-state index contributed by atoms with van der Waals surface area (Å²) in [6, 6.07) is 9.73. The molecule has 1 aliphatic heterocycles. The lowest BCUT2D eigenvalue weighted by Gasteiger charge is -2.09. The van der Waals surface area contributed by atoms with E-state index in [-0.39, 0.29) is 0 Å². The number of benzene rings is 1. The molecule has 1 aliphatic rings. The number of fused-ring (bicyclic) bond motifs is 1. The quantitative estimate of drug-likeness (QED) is 0.723. The van der Waals surface area contributed by atoms with E-state index in [0.29, 0.717) is 10.0 Å². The number of hydrogen-bond donors (Lipinski definition) is 1. The highest BCUT2D eigenvalue weighted by atomic mass is 35.5. The van der Waals surface area contributed by atoms with Gasteiger partial charge in [0, 0.05) is 12.1 Å². The number of nitrogens with one attached hydrogen (secondary N) is 1. The Morgan fingerprint density at radius 1 is 1.19 bits per heavy atom. The Balaban J connectivity index is 1.95. The highest BCUT2D eigenvalue weighted by Crippen LogP contribution is 2.38. The second-order valence-corrected chi connectivity index (χ2v) is 6.55. The third-order valence-corrected chi connectivity index (χ3v) is 5.25. The average Bonchev–Trinajstić information content (AvgIpc) is 3.17. The molecule has 0 amide bonds. The minimum Gasteiger partial charge on any atom is -0.369 e. The lowest BCUT2D eigenvalue weighted by Crippen LogP contribution is -2.04. The molecule has 1 N–H and O–H groups in total. The van der Waals surface area contributed by atoms with Crippen molar-refractivity contribution in [2.45, 2.75) is 6.42 Å². The number of rotatable bonds is 2. The summed E-state index contributed by atoms with van der Waals surface area (Å²) in [5.74, 6) is 1.02. The molecule has 1 aromatic carbocycles. The second kappa shape index (κ2) is 5.05. The average molecular weight is 336 g/mol. The summed E-state index contributed by atoms with van der Waals surface area (Å²) in [4.78, 5) is 1.17. The van der Waals surface area contributed by atoms with Crippen LogP contribution >= 0.6 is 34.5 Å². The van der Waals surface area contributed by atoms with Crippen LogP contribution in [0.2, 0.25) is 10.0 Å². The largest absolute Gasteiger partial charge is 0.369 e. The van der Waals surface area contributed by atoms with Gasteiger partial charge in [-0.15, -0.1) is 11.3 Å². The maximum Gasteiger partial charge on any atom is 0.133 e. The molecule has 2 aromatic heterocycles. The molecular formula is C15H11Cl2N3S. The Morgan fingerprint density at radius 2 is 2.10 bits per heavy atom. The van der Waals surface area contributed by atoms with Crippen LogP contribution in [0.3, 0.4) is 0 Å². The summed E-state index contributed by atoms with van der Waals surface area (Å²) >= 11 is 14.2. The summed E-state index contributed by atoms with van der Waals surface area (Å²) in [6.07, 6.45) is 0.973. The highest BCUT2D eigenvalue weighted by Gasteiger charge is 2.25. The monoisotopic (exact) mass is 335 g/mol. The first-order valence-corrected chi connectivity index (χ1v) is 8.23. The van der Waals surface area contributed by atoms with Gasteiger partial charge in [-0.2, -0.15) is 5.10 Å². The Kier molecular flexibility index (Phi) is 3.17.